The first-order valence-electron chi connectivity index (χ1n) is 13.9. The number of hydrogen-bond acceptors (Lipinski definition) is 8. The number of halogens is 1. The summed E-state index contributed by atoms with van der Waals surface area (Å²) in [4.78, 5) is 24.7. The maximum Gasteiger partial charge on any atom is 0.251 e. The molecule has 214 valence electrons. The molecule has 2 aromatic carbocycles. The second kappa shape index (κ2) is 12.3. The largest absolute Gasteiger partial charge is 0.495 e. The summed E-state index contributed by atoms with van der Waals surface area (Å²) >= 11 is 6.55. The molecule has 4 N–H and O–H groups in total. The highest BCUT2D eigenvalue weighted by atomic mass is 35.5. The zero-order valence-corrected chi connectivity index (χ0v) is 24.6. The van der Waals surface area contributed by atoms with Gasteiger partial charge in [-0.25, -0.2) is 9.97 Å². The Hall–Kier alpha value is -3.95. The number of ether oxygens (including phenoxy) is 1. The first-order valence-corrected chi connectivity index (χ1v) is 14.2. The van der Waals surface area contributed by atoms with Crippen molar-refractivity contribution in [3.8, 4) is 5.75 Å². The number of amides is 1. The molecular weight excluding hydrogens is 538 g/mol. The Kier molecular flexibility index (Phi) is 8.56. The Morgan fingerprint density at radius 1 is 1.17 bits per heavy atom. The van der Waals surface area contributed by atoms with Gasteiger partial charge in [-0.2, -0.15) is 0 Å². The molecule has 0 spiro atoms. The number of hydrogen-bond donors (Lipinski definition) is 4. The van der Waals surface area contributed by atoms with Gasteiger partial charge in [-0.15, -0.1) is 0 Å². The lowest BCUT2D eigenvalue weighted by Gasteiger charge is -2.29. The number of carbonyl (C=O) groups is 1. The quantitative estimate of drug-likeness (QED) is 0.302. The van der Waals surface area contributed by atoms with Crippen LogP contribution in [-0.4, -0.2) is 66.8 Å². The van der Waals surface area contributed by atoms with E-state index >= 15 is 0 Å². The van der Waals surface area contributed by atoms with Crippen LogP contribution in [0, 0.1) is 5.41 Å². The molecule has 1 saturated heterocycles. The van der Waals surface area contributed by atoms with E-state index in [1.807, 2.05) is 37.5 Å². The molecular formula is C31H36ClN7O2. The van der Waals surface area contributed by atoms with E-state index in [0.717, 1.165) is 42.8 Å². The van der Waals surface area contributed by atoms with Crippen molar-refractivity contribution in [2.75, 3.05) is 39.6 Å². The van der Waals surface area contributed by atoms with Crippen molar-refractivity contribution in [3.05, 3.63) is 76.1 Å². The summed E-state index contributed by atoms with van der Waals surface area (Å²) in [5, 5.41) is 19.2. The third kappa shape index (κ3) is 6.06. The van der Waals surface area contributed by atoms with Crippen LogP contribution in [0.4, 0.5) is 11.6 Å². The molecule has 1 atom stereocenters. The first-order chi connectivity index (χ1) is 19.8. The molecule has 0 saturated carbocycles. The molecule has 1 unspecified atom stereocenters. The van der Waals surface area contributed by atoms with Gasteiger partial charge in [0.2, 0.25) is 5.95 Å². The predicted octanol–water partition coefficient (Wildman–Crippen LogP) is 5.32. The Balaban J connectivity index is 1.45. The van der Waals surface area contributed by atoms with Crippen LogP contribution in [0.1, 0.15) is 59.3 Å². The fraction of sp³-hybridized carbons (Fsp3) is 0.355. The SMILES string of the molecule is CN/C(=C1\C(=N)CC(C)c2cnc(Nc3ccc(C(=O)NC4CCN(C)CC4)cc3OC)nc21)c1ccccc1Cl. The molecule has 0 radical (unpaired) electrons. The van der Waals surface area contributed by atoms with Gasteiger partial charge in [0.25, 0.3) is 5.91 Å². The Bertz CT molecular complexity index is 1500. The van der Waals surface area contributed by atoms with Gasteiger partial charge in [-0.05, 0) is 69.6 Å². The van der Waals surface area contributed by atoms with E-state index in [1.165, 1.54) is 0 Å². The van der Waals surface area contributed by atoms with Crippen LogP contribution in [0.5, 0.6) is 5.75 Å². The standard InChI is InChI=1S/C31H36ClN7O2/c1-18-15-24(33)27(28(34-2)21-7-5-6-8-23(21)32)29-22(18)17-35-31(38-29)37-25-10-9-19(16-26(25)41-4)30(40)36-20-11-13-39(3)14-12-20/h5-10,16-18,20,33-34H,11-15H2,1-4H3,(H,36,40)(H,35,37,38)/b28-27+,33-24?. The number of benzene rings is 2. The summed E-state index contributed by atoms with van der Waals surface area (Å²) in [6.45, 7) is 4.02. The Morgan fingerprint density at radius 2 is 1.93 bits per heavy atom. The summed E-state index contributed by atoms with van der Waals surface area (Å²) in [7, 11) is 5.49. The monoisotopic (exact) mass is 573 g/mol. The van der Waals surface area contributed by atoms with Crippen molar-refractivity contribution in [3.63, 3.8) is 0 Å². The Morgan fingerprint density at radius 3 is 2.63 bits per heavy atom. The zero-order valence-electron chi connectivity index (χ0n) is 23.8. The van der Waals surface area contributed by atoms with Crippen molar-refractivity contribution < 1.29 is 9.53 Å². The van der Waals surface area contributed by atoms with E-state index in [4.69, 9.17) is 26.7 Å². The summed E-state index contributed by atoms with van der Waals surface area (Å²) in [6.07, 6.45) is 4.26. The number of nitrogens with zero attached hydrogens (tertiary/aromatic N) is 3. The lowest BCUT2D eigenvalue weighted by molar-refractivity contribution is 0.0916. The van der Waals surface area contributed by atoms with Gasteiger partial charge in [0, 0.05) is 52.3 Å². The minimum absolute atomic E-state index is 0.0940. The number of carbonyl (C=O) groups excluding carboxylic acids is 1. The number of fused-ring (bicyclic) bond motifs is 1. The van der Waals surface area contributed by atoms with E-state index in [1.54, 1.807) is 25.3 Å². The van der Waals surface area contributed by atoms with Crippen molar-refractivity contribution in [1.82, 2.24) is 25.5 Å². The van der Waals surface area contributed by atoms with Crippen LogP contribution in [-0.2, 0) is 0 Å². The first kappa shape index (κ1) is 28.6. The van der Waals surface area contributed by atoms with Crippen LogP contribution in [0.25, 0.3) is 11.3 Å². The third-order valence-corrected chi connectivity index (χ3v) is 8.13. The zero-order chi connectivity index (χ0) is 29.1. The lowest BCUT2D eigenvalue weighted by Crippen LogP contribution is -2.43. The fourth-order valence-corrected chi connectivity index (χ4v) is 5.71. The number of nitrogens with one attached hydrogen (secondary N) is 4. The topological polar surface area (TPSA) is 115 Å². The van der Waals surface area contributed by atoms with Crippen LogP contribution >= 0.6 is 11.6 Å². The van der Waals surface area contributed by atoms with Crippen LogP contribution < -0.4 is 20.7 Å². The van der Waals surface area contributed by atoms with Gasteiger partial charge in [-0.1, -0.05) is 36.7 Å². The molecule has 9 nitrogen and oxygen atoms in total. The smallest absolute Gasteiger partial charge is 0.251 e. The van der Waals surface area contributed by atoms with Crippen molar-refractivity contribution in [1.29, 1.82) is 5.41 Å². The molecule has 0 bridgehead atoms. The molecule has 41 heavy (non-hydrogen) atoms. The predicted molar refractivity (Wildman–Crippen MR) is 164 cm³/mol. The minimum atomic E-state index is -0.115. The second-order valence-electron chi connectivity index (χ2n) is 10.7. The lowest BCUT2D eigenvalue weighted by atomic mass is 9.81. The molecule has 2 heterocycles. The average Bonchev–Trinajstić information content (AvgIpc) is 2.97. The van der Waals surface area contributed by atoms with Gasteiger partial charge in [-0.3, -0.25) is 4.79 Å². The number of likely N-dealkylation sites (tertiary alicyclic amines) is 1. The number of piperidine rings is 1. The highest BCUT2D eigenvalue weighted by Crippen LogP contribution is 2.40. The summed E-state index contributed by atoms with van der Waals surface area (Å²) in [6, 6.07) is 13.0. The van der Waals surface area contributed by atoms with Crippen LogP contribution in [0.3, 0.4) is 0 Å². The second-order valence-corrected chi connectivity index (χ2v) is 11.1. The molecule has 5 rings (SSSR count). The highest BCUT2D eigenvalue weighted by molar-refractivity contribution is 6.35. The number of methoxy groups -OCH3 is 1. The number of aromatic nitrogens is 2. The van der Waals surface area contributed by atoms with E-state index in [-0.39, 0.29) is 17.9 Å². The summed E-state index contributed by atoms with van der Waals surface area (Å²) < 4.78 is 5.63. The minimum Gasteiger partial charge on any atom is -0.495 e. The van der Waals surface area contributed by atoms with Crippen molar-refractivity contribution in [2.45, 2.75) is 38.1 Å². The van der Waals surface area contributed by atoms with Crippen molar-refractivity contribution >= 4 is 46.1 Å². The normalized spacial score (nSPS) is 18.9. The molecule has 1 aromatic heterocycles. The molecule has 1 amide bonds. The van der Waals surface area contributed by atoms with Crippen LogP contribution in [0.2, 0.25) is 5.02 Å². The van der Waals surface area contributed by atoms with E-state index in [0.29, 0.717) is 51.4 Å². The fourth-order valence-electron chi connectivity index (χ4n) is 5.48. The van der Waals surface area contributed by atoms with Crippen LogP contribution in [0.15, 0.2) is 48.7 Å². The molecule has 1 aliphatic carbocycles. The van der Waals surface area contributed by atoms with Gasteiger partial charge in [0.05, 0.1) is 24.2 Å². The van der Waals surface area contributed by atoms with Gasteiger partial charge >= 0.3 is 0 Å². The summed E-state index contributed by atoms with van der Waals surface area (Å²) in [5.41, 5.74) is 5.55. The molecule has 1 fully saturated rings. The average molecular weight is 574 g/mol. The molecule has 2 aliphatic rings. The van der Waals surface area contributed by atoms with E-state index in [2.05, 4.69) is 39.8 Å². The molecule has 3 aromatic rings. The number of allylic oxidation sites excluding steroid dienone is 1. The van der Waals surface area contributed by atoms with Gasteiger partial charge in [0.1, 0.15) is 5.75 Å². The summed E-state index contributed by atoms with van der Waals surface area (Å²) in [5.74, 6) is 0.846. The van der Waals surface area contributed by atoms with E-state index in [9.17, 15) is 4.79 Å². The molecule has 10 heteroatoms. The molecule has 1 aliphatic heterocycles. The highest BCUT2D eigenvalue weighted by Gasteiger charge is 2.30. The Labute approximate surface area is 245 Å². The number of rotatable bonds is 7. The van der Waals surface area contributed by atoms with Gasteiger partial charge in [0.15, 0.2) is 0 Å². The third-order valence-electron chi connectivity index (χ3n) is 7.80. The van der Waals surface area contributed by atoms with E-state index < -0.39 is 0 Å². The maximum atomic E-state index is 13.0. The number of anilines is 2. The van der Waals surface area contributed by atoms with Crippen molar-refractivity contribution in [2.24, 2.45) is 0 Å². The maximum absolute atomic E-state index is 13.0. The van der Waals surface area contributed by atoms with Gasteiger partial charge < -0.3 is 31.0 Å².